The van der Waals surface area contributed by atoms with E-state index in [1.165, 1.54) is 16.7 Å². The van der Waals surface area contributed by atoms with Crippen LogP contribution in [0.2, 0.25) is 0 Å². The van der Waals surface area contributed by atoms with Crippen LogP contribution in [0.3, 0.4) is 0 Å². The molecule has 36 heavy (non-hydrogen) atoms. The molecule has 13 heteroatoms. The van der Waals surface area contributed by atoms with Crippen molar-refractivity contribution in [3.63, 3.8) is 0 Å². The number of hydrogen-bond acceptors (Lipinski definition) is 7. The summed E-state index contributed by atoms with van der Waals surface area (Å²) in [5.41, 5.74) is 10.8. The van der Waals surface area contributed by atoms with Crippen molar-refractivity contribution in [3.05, 3.63) is 64.6 Å². The van der Waals surface area contributed by atoms with Gasteiger partial charge in [0.05, 0.1) is 11.4 Å². The SMILES string of the molecule is Cc1ccc(NS(=O)(=O)c2cccc3c(N(C)C)cccc23)c(=O)n1CC(=O)NCCON=C(N)N. The summed E-state index contributed by atoms with van der Waals surface area (Å²) in [6, 6.07) is 13.3. The van der Waals surface area contributed by atoms with E-state index in [1.54, 1.807) is 31.2 Å². The molecule has 0 fully saturated rings. The topological polar surface area (TPSA) is 174 Å². The molecule has 0 aliphatic carbocycles. The maximum absolute atomic E-state index is 13.3. The Balaban J connectivity index is 1.84. The number of fused-ring (bicyclic) bond motifs is 1. The first kappa shape index (κ1) is 26.3. The fraction of sp³-hybridized carbons (Fsp3) is 0.261. The van der Waals surface area contributed by atoms with E-state index in [9.17, 15) is 18.0 Å². The highest BCUT2D eigenvalue weighted by atomic mass is 32.2. The fourth-order valence-corrected chi connectivity index (χ4v) is 4.87. The number of guanidine groups is 1. The number of sulfonamides is 1. The Morgan fingerprint density at radius 1 is 1.08 bits per heavy atom. The van der Waals surface area contributed by atoms with Gasteiger partial charge in [-0.1, -0.05) is 24.3 Å². The summed E-state index contributed by atoms with van der Waals surface area (Å²) in [4.78, 5) is 32.1. The summed E-state index contributed by atoms with van der Waals surface area (Å²) in [5, 5.41) is 7.18. The molecule has 0 aliphatic rings. The van der Waals surface area contributed by atoms with E-state index in [-0.39, 0.29) is 36.2 Å². The number of oxime groups is 1. The molecule has 3 rings (SSSR count). The van der Waals surface area contributed by atoms with Crippen LogP contribution in [-0.2, 0) is 26.2 Å². The van der Waals surface area contributed by atoms with Gasteiger partial charge in [0.25, 0.3) is 15.6 Å². The van der Waals surface area contributed by atoms with Gasteiger partial charge in [-0.2, -0.15) is 0 Å². The van der Waals surface area contributed by atoms with Gasteiger partial charge < -0.3 is 31.1 Å². The Hall–Kier alpha value is -4.26. The third kappa shape index (κ3) is 6.05. The number of carbonyl (C=O) groups excluding carboxylic acids is 1. The minimum atomic E-state index is -4.12. The zero-order valence-electron chi connectivity index (χ0n) is 20.2. The summed E-state index contributed by atoms with van der Waals surface area (Å²) in [6.07, 6.45) is 0. The molecule has 0 radical (unpaired) electrons. The second-order valence-electron chi connectivity index (χ2n) is 8.11. The number of aryl methyl sites for hydroxylation is 1. The van der Waals surface area contributed by atoms with Crippen molar-refractivity contribution in [2.24, 2.45) is 16.6 Å². The quantitative estimate of drug-likeness (QED) is 0.131. The lowest BCUT2D eigenvalue weighted by atomic mass is 10.1. The largest absolute Gasteiger partial charge is 0.391 e. The van der Waals surface area contributed by atoms with Crippen LogP contribution in [0.25, 0.3) is 10.8 Å². The highest BCUT2D eigenvalue weighted by molar-refractivity contribution is 7.93. The number of rotatable bonds is 10. The van der Waals surface area contributed by atoms with Crippen LogP contribution in [0.15, 0.2) is 63.4 Å². The van der Waals surface area contributed by atoms with Crippen molar-refractivity contribution >= 4 is 44.0 Å². The normalized spacial score (nSPS) is 11.1. The van der Waals surface area contributed by atoms with Gasteiger partial charge in [-0.25, -0.2) is 8.42 Å². The molecule has 0 spiro atoms. The van der Waals surface area contributed by atoms with Gasteiger partial charge in [0.2, 0.25) is 11.9 Å². The van der Waals surface area contributed by atoms with E-state index in [4.69, 9.17) is 16.3 Å². The van der Waals surface area contributed by atoms with Crippen LogP contribution in [0, 0.1) is 6.92 Å². The second-order valence-corrected chi connectivity index (χ2v) is 9.76. The van der Waals surface area contributed by atoms with Gasteiger partial charge in [0.15, 0.2) is 0 Å². The highest BCUT2D eigenvalue weighted by Gasteiger charge is 2.21. The molecule has 6 N–H and O–H groups in total. The van der Waals surface area contributed by atoms with Crippen molar-refractivity contribution in [2.45, 2.75) is 18.4 Å². The van der Waals surface area contributed by atoms with Crippen LogP contribution >= 0.6 is 0 Å². The predicted molar refractivity (Wildman–Crippen MR) is 139 cm³/mol. The van der Waals surface area contributed by atoms with Crippen molar-refractivity contribution in [3.8, 4) is 0 Å². The lowest BCUT2D eigenvalue weighted by Gasteiger charge is -2.17. The Labute approximate surface area is 208 Å². The molecule has 0 aliphatic heterocycles. The number of nitrogens with one attached hydrogen (secondary N) is 2. The molecular weight excluding hydrogens is 486 g/mol. The van der Waals surface area contributed by atoms with E-state index in [1.807, 2.05) is 31.1 Å². The number of nitrogens with zero attached hydrogens (tertiary/aromatic N) is 3. The number of carbonyl (C=O) groups is 1. The van der Waals surface area contributed by atoms with Crippen LogP contribution in [0.1, 0.15) is 5.69 Å². The number of hydrogen-bond donors (Lipinski definition) is 4. The van der Waals surface area contributed by atoms with Gasteiger partial charge in [0.1, 0.15) is 18.8 Å². The van der Waals surface area contributed by atoms with Gasteiger partial charge in [0, 0.05) is 36.2 Å². The molecule has 0 atom stereocenters. The van der Waals surface area contributed by atoms with Crippen molar-refractivity contribution < 1.29 is 18.0 Å². The molecule has 12 nitrogen and oxygen atoms in total. The lowest BCUT2D eigenvalue weighted by molar-refractivity contribution is -0.122. The maximum atomic E-state index is 13.3. The predicted octanol–water partition coefficient (Wildman–Crippen LogP) is 0.498. The van der Waals surface area contributed by atoms with Crippen LogP contribution in [0.5, 0.6) is 0 Å². The monoisotopic (exact) mass is 515 g/mol. The Morgan fingerprint density at radius 3 is 2.47 bits per heavy atom. The highest BCUT2D eigenvalue weighted by Crippen LogP contribution is 2.30. The molecule has 0 saturated carbocycles. The fourth-order valence-electron chi connectivity index (χ4n) is 3.59. The van der Waals surface area contributed by atoms with E-state index in [0.29, 0.717) is 11.1 Å². The summed E-state index contributed by atoms with van der Waals surface area (Å²) >= 11 is 0. The summed E-state index contributed by atoms with van der Waals surface area (Å²) < 4.78 is 30.2. The van der Waals surface area contributed by atoms with E-state index in [2.05, 4.69) is 15.2 Å². The molecule has 0 unspecified atom stereocenters. The van der Waals surface area contributed by atoms with E-state index >= 15 is 0 Å². The first-order valence-electron chi connectivity index (χ1n) is 10.9. The maximum Gasteiger partial charge on any atom is 0.275 e. The zero-order chi connectivity index (χ0) is 26.5. The molecule has 3 aromatic rings. The van der Waals surface area contributed by atoms with Gasteiger partial charge >= 0.3 is 0 Å². The molecule has 0 bridgehead atoms. The van der Waals surface area contributed by atoms with Crippen LogP contribution in [-0.4, -0.2) is 52.1 Å². The minimum absolute atomic E-state index is 0.0257. The number of amides is 1. The first-order valence-corrected chi connectivity index (χ1v) is 12.4. The van der Waals surface area contributed by atoms with Gasteiger partial charge in [-0.3, -0.25) is 14.3 Å². The average molecular weight is 516 g/mol. The standard InChI is InChI=1S/C23H29N7O5S/c1-15-10-11-18(22(32)30(15)14-21(31)26-12-13-35-27-23(24)25)28-36(33,34)20-9-5-6-16-17(20)7-4-8-19(16)29(2)3/h4-11,28H,12-14H2,1-3H3,(H,26,31)(H4,24,25,27). The van der Waals surface area contributed by atoms with Gasteiger partial charge in [-0.05, 0) is 36.3 Å². The minimum Gasteiger partial charge on any atom is -0.391 e. The van der Waals surface area contributed by atoms with Crippen LogP contribution in [0.4, 0.5) is 11.4 Å². The first-order chi connectivity index (χ1) is 17.0. The summed E-state index contributed by atoms with van der Waals surface area (Å²) in [7, 11) is -0.380. The molecule has 1 heterocycles. The molecule has 1 aromatic heterocycles. The molecular formula is C23H29N7O5S. The zero-order valence-corrected chi connectivity index (χ0v) is 21.0. The number of benzene rings is 2. The number of nitrogens with two attached hydrogens (primary N) is 2. The van der Waals surface area contributed by atoms with E-state index < -0.39 is 21.5 Å². The smallest absolute Gasteiger partial charge is 0.275 e. The Bertz CT molecular complexity index is 1460. The van der Waals surface area contributed by atoms with Crippen LogP contribution < -0.4 is 32.0 Å². The summed E-state index contributed by atoms with van der Waals surface area (Å²) in [6.45, 7) is 1.45. The third-order valence-electron chi connectivity index (χ3n) is 5.25. The molecule has 1 amide bonds. The van der Waals surface area contributed by atoms with Crippen molar-refractivity contribution in [1.82, 2.24) is 9.88 Å². The Kier molecular flexibility index (Phi) is 8.04. The average Bonchev–Trinajstić information content (AvgIpc) is 2.82. The number of aromatic nitrogens is 1. The second kappa shape index (κ2) is 11.0. The van der Waals surface area contributed by atoms with Crippen molar-refractivity contribution in [1.29, 1.82) is 0 Å². The number of anilines is 2. The third-order valence-corrected chi connectivity index (χ3v) is 6.68. The number of pyridine rings is 1. The molecule has 2 aromatic carbocycles. The molecule has 0 saturated heterocycles. The van der Waals surface area contributed by atoms with Gasteiger partial charge in [-0.15, -0.1) is 0 Å². The lowest BCUT2D eigenvalue weighted by Crippen LogP contribution is -2.36. The molecule has 192 valence electrons. The Morgan fingerprint density at radius 2 is 1.78 bits per heavy atom. The summed E-state index contributed by atoms with van der Waals surface area (Å²) in [5.74, 6) is -0.719. The van der Waals surface area contributed by atoms with Crippen molar-refractivity contribution in [2.75, 3.05) is 36.9 Å². The van der Waals surface area contributed by atoms with E-state index in [0.717, 1.165) is 11.1 Å².